The van der Waals surface area contributed by atoms with Crippen LogP contribution in [0.4, 0.5) is 0 Å². The first-order chi connectivity index (χ1) is 7.95. The Kier molecular flexibility index (Phi) is 4.19. The Bertz CT molecular complexity index is 413. The van der Waals surface area contributed by atoms with Gasteiger partial charge in [0.1, 0.15) is 5.82 Å². The van der Waals surface area contributed by atoms with Crippen LogP contribution in [-0.4, -0.2) is 52.5 Å². The Labute approximate surface area is 99.6 Å². The number of H-pyrrole nitrogens is 1. The molecule has 1 aromatic rings. The highest BCUT2D eigenvalue weighted by atomic mass is 16.2. The summed E-state index contributed by atoms with van der Waals surface area (Å²) in [4.78, 5) is 28.3. The predicted molar refractivity (Wildman–Crippen MR) is 61.5 cm³/mol. The van der Waals surface area contributed by atoms with E-state index in [2.05, 4.69) is 20.5 Å². The molecule has 0 unspecified atom stereocenters. The number of carbonyl (C=O) groups excluding carboxylic acids is 2. The minimum absolute atomic E-state index is 0.0130. The molecular formula is C10H17N5O2. The van der Waals surface area contributed by atoms with Gasteiger partial charge in [-0.05, 0) is 0 Å². The van der Waals surface area contributed by atoms with Crippen molar-refractivity contribution in [3.05, 3.63) is 11.6 Å². The van der Waals surface area contributed by atoms with Crippen molar-refractivity contribution in [3.63, 3.8) is 0 Å². The molecule has 1 heterocycles. The quantitative estimate of drug-likeness (QED) is 0.757. The average molecular weight is 239 g/mol. The Morgan fingerprint density at radius 3 is 2.59 bits per heavy atom. The fraction of sp³-hybridized carbons (Fsp3) is 0.600. The molecule has 0 aromatic carbocycles. The minimum Gasteiger partial charge on any atom is -0.358 e. The molecule has 17 heavy (non-hydrogen) atoms. The summed E-state index contributed by atoms with van der Waals surface area (Å²) in [6.07, 6.45) is 0. The molecule has 0 radical (unpaired) electrons. The van der Waals surface area contributed by atoms with E-state index in [-0.39, 0.29) is 30.1 Å². The van der Waals surface area contributed by atoms with Gasteiger partial charge < -0.3 is 10.2 Å². The maximum atomic E-state index is 11.8. The van der Waals surface area contributed by atoms with Gasteiger partial charge in [-0.2, -0.15) is 0 Å². The molecule has 2 N–H and O–H groups in total. The molecule has 94 valence electrons. The monoisotopic (exact) mass is 239 g/mol. The summed E-state index contributed by atoms with van der Waals surface area (Å²) in [7, 11) is 3.05. The van der Waals surface area contributed by atoms with Crippen LogP contribution in [0.1, 0.15) is 36.2 Å². The second-order valence-corrected chi connectivity index (χ2v) is 4.03. The van der Waals surface area contributed by atoms with Crippen molar-refractivity contribution in [3.8, 4) is 0 Å². The van der Waals surface area contributed by atoms with Gasteiger partial charge in [0, 0.05) is 20.0 Å². The Hall–Kier alpha value is -1.92. The number of hydrogen-bond donors (Lipinski definition) is 2. The van der Waals surface area contributed by atoms with Crippen LogP contribution < -0.4 is 5.32 Å². The molecule has 2 amide bonds. The summed E-state index contributed by atoms with van der Waals surface area (Å²) < 4.78 is 0. The summed E-state index contributed by atoms with van der Waals surface area (Å²) in [6, 6.07) is 0. The van der Waals surface area contributed by atoms with Crippen LogP contribution in [0, 0.1) is 0 Å². The van der Waals surface area contributed by atoms with Crippen molar-refractivity contribution >= 4 is 11.8 Å². The van der Waals surface area contributed by atoms with Gasteiger partial charge in [-0.1, -0.05) is 13.8 Å². The van der Waals surface area contributed by atoms with Crippen molar-refractivity contribution in [2.24, 2.45) is 0 Å². The number of likely N-dealkylation sites (N-methyl/N-ethyl adjacent to an activating group) is 2. The number of hydrogen-bond acceptors (Lipinski definition) is 4. The number of carbonyl (C=O) groups is 2. The first kappa shape index (κ1) is 13.1. The molecule has 7 nitrogen and oxygen atoms in total. The van der Waals surface area contributed by atoms with Crippen LogP contribution in [0.2, 0.25) is 0 Å². The van der Waals surface area contributed by atoms with Gasteiger partial charge in [0.25, 0.3) is 5.91 Å². The molecule has 0 aliphatic rings. The lowest BCUT2D eigenvalue weighted by Gasteiger charge is -2.13. The van der Waals surface area contributed by atoms with Crippen molar-refractivity contribution in [2.45, 2.75) is 19.8 Å². The number of aromatic amines is 1. The summed E-state index contributed by atoms with van der Waals surface area (Å²) in [5.41, 5.74) is 0. The van der Waals surface area contributed by atoms with Gasteiger partial charge >= 0.3 is 0 Å². The van der Waals surface area contributed by atoms with Crippen LogP contribution in [0.3, 0.4) is 0 Å². The smallest absolute Gasteiger partial charge is 0.293 e. The maximum absolute atomic E-state index is 11.8. The zero-order chi connectivity index (χ0) is 13.0. The second-order valence-electron chi connectivity index (χ2n) is 4.03. The average Bonchev–Trinajstić information content (AvgIpc) is 2.77. The molecule has 1 aromatic heterocycles. The maximum Gasteiger partial charge on any atom is 0.293 e. The molecule has 1 rings (SSSR count). The lowest BCUT2D eigenvalue weighted by molar-refractivity contribution is -0.121. The molecule has 0 atom stereocenters. The van der Waals surface area contributed by atoms with E-state index in [9.17, 15) is 9.59 Å². The van der Waals surface area contributed by atoms with E-state index >= 15 is 0 Å². The molecule has 0 fully saturated rings. The number of amides is 2. The second kappa shape index (κ2) is 5.42. The highest BCUT2D eigenvalue weighted by Crippen LogP contribution is 2.08. The molecule has 0 saturated heterocycles. The van der Waals surface area contributed by atoms with Crippen molar-refractivity contribution in [1.29, 1.82) is 0 Å². The standard InChI is InChI=1S/C10H17N5O2/c1-6(2)8-12-9(14-13-8)10(17)15(4)5-7(16)11-3/h6H,5H2,1-4H3,(H,11,16)(H,12,13,14). The van der Waals surface area contributed by atoms with E-state index in [0.717, 1.165) is 0 Å². The third-order valence-electron chi connectivity index (χ3n) is 2.25. The van der Waals surface area contributed by atoms with Crippen molar-refractivity contribution < 1.29 is 9.59 Å². The largest absolute Gasteiger partial charge is 0.358 e. The fourth-order valence-corrected chi connectivity index (χ4v) is 1.17. The van der Waals surface area contributed by atoms with Crippen LogP contribution in [0.5, 0.6) is 0 Å². The Morgan fingerprint density at radius 1 is 1.47 bits per heavy atom. The summed E-state index contributed by atoms with van der Waals surface area (Å²) in [5, 5.41) is 8.98. The first-order valence-electron chi connectivity index (χ1n) is 5.34. The van der Waals surface area contributed by atoms with Gasteiger partial charge in [-0.3, -0.25) is 14.7 Å². The molecule has 0 bridgehead atoms. The summed E-state index contributed by atoms with van der Waals surface area (Å²) in [5.74, 6) is 0.298. The molecule has 0 saturated carbocycles. The third-order valence-corrected chi connectivity index (χ3v) is 2.25. The first-order valence-corrected chi connectivity index (χ1v) is 5.34. The molecule has 0 spiro atoms. The minimum atomic E-state index is -0.378. The van der Waals surface area contributed by atoms with E-state index < -0.39 is 0 Å². The Balaban J connectivity index is 2.71. The molecule has 0 aliphatic heterocycles. The zero-order valence-electron chi connectivity index (χ0n) is 10.4. The molecule has 0 aliphatic carbocycles. The van der Waals surface area contributed by atoms with E-state index in [4.69, 9.17) is 0 Å². The van der Waals surface area contributed by atoms with Crippen LogP contribution in [0.25, 0.3) is 0 Å². The van der Waals surface area contributed by atoms with E-state index in [1.807, 2.05) is 13.8 Å². The van der Waals surface area contributed by atoms with E-state index in [0.29, 0.717) is 5.82 Å². The molecular weight excluding hydrogens is 222 g/mol. The number of nitrogens with one attached hydrogen (secondary N) is 2. The molecule has 7 heteroatoms. The van der Waals surface area contributed by atoms with E-state index in [1.165, 1.54) is 19.0 Å². The van der Waals surface area contributed by atoms with Crippen molar-refractivity contribution in [1.82, 2.24) is 25.4 Å². The lowest BCUT2D eigenvalue weighted by atomic mass is 10.2. The number of nitrogens with zero attached hydrogens (tertiary/aromatic N) is 3. The van der Waals surface area contributed by atoms with E-state index in [1.54, 1.807) is 0 Å². The topological polar surface area (TPSA) is 91.0 Å². The Morgan fingerprint density at radius 2 is 2.12 bits per heavy atom. The van der Waals surface area contributed by atoms with Gasteiger partial charge in [0.05, 0.1) is 6.54 Å². The third kappa shape index (κ3) is 3.27. The van der Waals surface area contributed by atoms with Gasteiger partial charge in [0.2, 0.25) is 11.7 Å². The SMILES string of the molecule is CNC(=O)CN(C)C(=O)c1n[nH]c(C(C)C)n1. The predicted octanol–water partition coefficient (Wildman–Crippen LogP) is -0.254. The summed E-state index contributed by atoms with van der Waals surface area (Å²) >= 11 is 0. The highest BCUT2D eigenvalue weighted by Gasteiger charge is 2.19. The van der Waals surface area contributed by atoms with Gasteiger partial charge in [0.15, 0.2) is 0 Å². The number of aromatic nitrogens is 3. The van der Waals surface area contributed by atoms with Crippen LogP contribution in [-0.2, 0) is 4.79 Å². The summed E-state index contributed by atoms with van der Waals surface area (Å²) in [6.45, 7) is 3.88. The van der Waals surface area contributed by atoms with Gasteiger partial charge in [-0.15, -0.1) is 5.10 Å². The number of rotatable bonds is 4. The van der Waals surface area contributed by atoms with Crippen molar-refractivity contribution in [2.75, 3.05) is 20.6 Å². The zero-order valence-corrected chi connectivity index (χ0v) is 10.4. The van der Waals surface area contributed by atoms with Gasteiger partial charge in [-0.25, -0.2) is 4.98 Å². The fourth-order valence-electron chi connectivity index (χ4n) is 1.17. The van der Waals surface area contributed by atoms with Crippen LogP contribution in [0.15, 0.2) is 0 Å². The van der Waals surface area contributed by atoms with Crippen LogP contribution >= 0.6 is 0 Å². The highest BCUT2D eigenvalue weighted by molar-refractivity contribution is 5.93. The normalized spacial score (nSPS) is 10.4. The lowest BCUT2D eigenvalue weighted by Crippen LogP contribution is -2.37.